The Kier molecular flexibility index (Phi) is 10.0. The third-order valence-corrected chi connectivity index (χ3v) is 2.66. The highest BCUT2D eigenvalue weighted by atomic mass is 32.2. The van der Waals surface area contributed by atoms with E-state index in [-0.39, 0.29) is 12.6 Å². The summed E-state index contributed by atoms with van der Waals surface area (Å²) in [7, 11) is 1.33. The van der Waals surface area contributed by atoms with E-state index >= 15 is 0 Å². The fourth-order valence-corrected chi connectivity index (χ4v) is 1.73. The molecule has 0 aliphatic rings. The van der Waals surface area contributed by atoms with Gasteiger partial charge in [0.1, 0.15) is 6.04 Å². The van der Waals surface area contributed by atoms with Crippen LogP contribution in [0.4, 0.5) is 0 Å². The van der Waals surface area contributed by atoms with Crippen molar-refractivity contribution in [1.82, 2.24) is 0 Å². The van der Waals surface area contributed by atoms with E-state index in [0.717, 1.165) is 11.5 Å². The summed E-state index contributed by atoms with van der Waals surface area (Å²) in [5.41, 5.74) is 5.54. The highest BCUT2D eigenvalue weighted by molar-refractivity contribution is 7.99. The predicted molar refractivity (Wildman–Crippen MR) is 59.8 cm³/mol. The Morgan fingerprint density at radius 2 is 2.20 bits per heavy atom. The summed E-state index contributed by atoms with van der Waals surface area (Å²) in [6.45, 7) is 1.04. The van der Waals surface area contributed by atoms with Crippen LogP contribution in [0.5, 0.6) is 0 Å². The number of aliphatic hydroxyl groups excluding tert-OH is 1. The molecule has 0 aliphatic carbocycles. The largest absolute Gasteiger partial charge is 0.468 e. The number of carbonyl (C=O) groups is 1. The molecule has 0 spiro atoms. The van der Waals surface area contributed by atoms with E-state index in [9.17, 15) is 4.79 Å². The maximum Gasteiger partial charge on any atom is 0.322 e. The molecule has 0 heterocycles. The maximum atomic E-state index is 10.9. The molecule has 0 amide bonds. The van der Waals surface area contributed by atoms with Gasteiger partial charge in [-0.2, -0.15) is 11.8 Å². The Labute approximate surface area is 94.3 Å². The molecule has 0 aromatic rings. The molecule has 0 saturated carbocycles. The third-order valence-electron chi connectivity index (χ3n) is 1.68. The van der Waals surface area contributed by atoms with Crippen molar-refractivity contribution in [2.45, 2.75) is 12.5 Å². The highest BCUT2D eigenvalue weighted by Gasteiger charge is 2.12. The van der Waals surface area contributed by atoms with E-state index in [1.165, 1.54) is 7.11 Å². The lowest BCUT2D eigenvalue weighted by Crippen LogP contribution is -2.32. The molecule has 0 aromatic heterocycles. The van der Waals surface area contributed by atoms with Gasteiger partial charge in [-0.25, -0.2) is 0 Å². The van der Waals surface area contributed by atoms with Crippen LogP contribution < -0.4 is 5.73 Å². The SMILES string of the molecule is COC(=O)C(N)CCSCCOCCO. The van der Waals surface area contributed by atoms with E-state index in [0.29, 0.717) is 19.6 Å². The second-order valence-corrected chi connectivity index (χ2v) is 4.09. The minimum Gasteiger partial charge on any atom is -0.468 e. The van der Waals surface area contributed by atoms with E-state index in [2.05, 4.69) is 4.74 Å². The maximum absolute atomic E-state index is 10.9. The first-order valence-electron chi connectivity index (χ1n) is 4.82. The number of aliphatic hydroxyl groups is 1. The first kappa shape index (κ1) is 14.7. The fourth-order valence-electron chi connectivity index (χ4n) is 0.866. The smallest absolute Gasteiger partial charge is 0.322 e. The lowest BCUT2D eigenvalue weighted by molar-refractivity contribution is -0.142. The van der Waals surface area contributed by atoms with Gasteiger partial charge in [0.25, 0.3) is 0 Å². The first-order chi connectivity index (χ1) is 7.22. The molecule has 0 radical (unpaired) electrons. The number of esters is 1. The van der Waals surface area contributed by atoms with Gasteiger partial charge in [0.15, 0.2) is 0 Å². The van der Waals surface area contributed by atoms with Gasteiger partial charge in [-0.1, -0.05) is 0 Å². The molecule has 0 rings (SSSR count). The van der Waals surface area contributed by atoms with E-state index < -0.39 is 6.04 Å². The molecule has 6 heteroatoms. The van der Waals surface area contributed by atoms with Crippen molar-refractivity contribution >= 4 is 17.7 Å². The molecule has 0 aromatic carbocycles. The van der Waals surface area contributed by atoms with Crippen LogP contribution in [-0.4, -0.2) is 55.6 Å². The Morgan fingerprint density at radius 3 is 2.80 bits per heavy atom. The van der Waals surface area contributed by atoms with Crippen molar-refractivity contribution in [1.29, 1.82) is 0 Å². The Balaban J connectivity index is 3.20. The van der Waals surface area contributed by atoms with Crippen LogP contribution >= 0.6 is 11.8 Å². The van der Waals surface area contributed by atoms with Crippen molar-refractivity contribution in [3.05, 3.63) is 0 Å². The van der Waals surface area contributed by atoms with Crippen LogP contribution in [0.25, 0.3) is 0 Å². The molecule has 1 unspecified atom stereocenters. The van der Waals surface area contributed by atoms with Crippen molar-refractivity contribution < 1.29 is 19.4 Å². The van der Waals surface area contributed by atoms with Crippen LogP contribution in [0.3, 0.4) is 0 Å². The third kappa shape index (κ3) is 8.68. The molecular weight excluding hydrogens is 218 g/mol. The number of thioether (sulfide) groups is 1. The van der Waals surface area contributed by atoms with Gasteiger partial charge in [0, 0.05) is 5.75 Å². The topological polar surface area (TPSA) is 81.8 Å². The van der Waals surface area contributed by atoms with Gasteiger partial charge in [-0.15, -0.1) is 0 Å². The average molecular weight is 237 g/mol. The number of hydrogen-bond acceptors (Lipinski definition) is 6. The van der Waals surface area contributed by atoms with Gasteiger partial charge in [0.2, 0.25) is 0 Å². The van der Waals surface area contributed by atoms with Gasteiger partial charge in [0.05, 0.1) is 26.9 Å². The monoisotopic (exact) mass is 237 g/mol. The summed E-state index contributed by atoms with van der Waals surface area (Å²) in [5, 5.41) is 8.43. The Morgan fingerprint density at radius 1 is 1.47 bits per heavy atom. The number of hydrogen-bond donors (Lipinski definition) is 2. The van der Waals surface area contributed by atoms with Crippen molar-refractivity contribution in [2.24, 2.45) is 5.73 Å². The molecule has 90 valence electrons. The van der Waals surface area contributed by atoms with Crippen LogP contribution in [0.15, 0.2) is 0 Å². The van der Waals surface area contributed by atoms with Gasteiger partial charge < -0.3 is 20.3 Å². The number of carbonyl (C=O) groups excluding carboxylic acids is 1. The molecule has 0 saturated heterocycles. The molecule has 0 fully saturated rings. The summed E-state index contributed by atoms with van der Waals surface area (Å²) in [4.78, 5) is 10.9. The molecule has 5 nitrogen and oxygen atoms in total. The van der Waals surface area contributed by atoms with Crippen molar-refractivity contribution in [2.75, 3.05) is 38.4 Å². The summed E-state index contributed by atoms with van der Waals surface area (Å²) >= 11 is 1.67. The zero-order valence-corrected chi connectivity index (χ0v) is 9.79. The molecule has 1 atom stereocenters. The van der Waals surface area contributed by atoms with Gasteiger partial charge in [-0.05, 0) is 12.2 Å². The molecule has 15 heavy (non-hydrogen) atoms. The van der Waals surface area contributed by atoms with Crippen molar-refractivity contribution in [3.63, 3.8) is 0 Å². The zero-order valence-electron chi connectivity index (χ0n) is 8.98. The average Bonchev–Trinajstić information content (AvgIpc) is 2.26. The second-order valence-electron chi connectivity index (χ2n) is 2.87. The highest BCUT2D eigenvalue weighted by Crippen LogP contribution is 2.04. The van der Waals surface area contributed by atoms with Crippen molar-refractivity contribution in [3.8, 4) is 0 Å². The summed E-state index contributed by atoms with van der Waals surface area (Å²) < 4.78 is 9.56. The minimum atomic E-state index is -0.527. The Hall–Kier alpha value is -0.300. The fraction of sp³-hybridized carbons (Fsp3) is 0.889. The van der Waals surface area contributed by atoms with E-state index in [1.54, 1.807) is 11.8 Å². The second kappa shape index (κ2) is 10.2. The summed E-state index contributed by atoms with van der Waals surface area (Å²) in [6.07, 6.45) is 0.608. The van der Waals surface area contributed by atoms with E-state index in [1.807, 2.05) is 0 Å². The van der Waals surface area contributed by atoms with Crippen LogP contribution in [0, 0.1) is 0 Å². The zero-order chi connectivity index (χ0) is 11.5. The van der Waals surface area contributed by atoms with Crippen LogP contribution in [0.2, 0.25) is 0 Å². The van der Waals surface area contributed by atoms with Crippen LogP contribution in [-0.2, 0) is 14.3 Å². The molecular formula is C9H19NO4S. The molecule has 0 bridgehead atoms. The van der Waals surface area contributed by atoms with E-state index in [4.69, 9.17) is 15.6 Å². The first-order valence-corrected chi connectivity index (χ1v) is 5.97. The molecule has 0 aliphatic heterocycles. The lowest BCUT2D eigenvalue weighted by Gasteiger charge is -2.08. The lowest BCUT2D eigenvalue weighted by atomic mass is 10.2. The number of methoxy groups -OCH3 is 1. The van der Waals surface area contributed by atoms with Gasteiger partial charge in [-0.3, -0.25) is 4.79 Å². The summed E-state index contributed by atoms with van der Waals surface area (Å²) in [6, 6.07) is -0.527. The molecule has 3 N–H and O–H groups in total. The Bertz CT molecular complexity index is 168. The van der Waals surface area contributed by atoms with Crippen LogP contribution in [0.1, 0.15) is 6.42 Å². The number of rotatable bonds is 9. The number of ether oxygens (including phenoxy) is 2. The summed E-state index contributed by atoms with van der Waals surface area (Å²) in [5.74, 6) is 1.28. The number of nitrogens with two attached hydrogens (primary N) is 1. The predicted octanol–water partition coefficient (Wildman–Crippen LogP) is -0.381. The minimum absolute atomic E-state index is 0.0535. The standard InChI is InChI=1S/C9H19NO4S/c1-13-9(12)8(10)2-6-15-7-5-14-4-3-11/h8,11H,2-7,10H2,1H3. The van der Waals surface area contributed by atoms with Gasteiger partial charge >= 0.3 is 5.97 Å². The normalized spacial score (nSPS) is 12.5. The quantitative estimate of drug-likeness (QED) is 0.420.